The Kier molecular flexibility index (Phi) is 6.45. The number of carbonyl (C=O) groups excluding carboxylic acids is 1. The van der Waals surface area contributed by atoms with Gasteiger partial charge in [-0.2, -0.15) is 0 Å². The number of amides is 1. The lowest BCUT2D eigenvalue weighted by Crippen LogP contribution is -2.44. The zero-order valence-corrected chi connectivity index (χ0v) is 16.2. The fraction of sp³-hybridized carbons (Fsp3) is 0.400. The Morgan fingerprint density at radius 1 is 1.27 bits per heavy atom. The molecule has 30 heavy (non-hydrogen) atoms. The van der Waals surface area contributed by atoms with Gasteiger partial charge in [0.25, 0.3) is 0 Å². The summed E-state index contributed by atoms with van der Waals surface area (Å²) in [5, 5.41) is 12.4. The monoisotopic (exact) mass is 427 g/mol. The first-order valence-corrected chi connectivity index (χ1v) is 9.34. The molecule has 10 heteroatoms. The van der Waals surface area contributed by atoms with Crippen LogP contribution >= 0.6 is 0 Å². The number of carbonyl (C=O) groups is 1. The van der Waals surface area contributed by atoms with Gasteiger partial charge in [-0.25, -0.2) is 4.39 Å². The lowest BCUT2D eigenvalue weighted by Gasteiger charge is -2.34. The van der Waals surface area contributed by atoms with Crippen LogP contribution in [0.4, 0.5) is 23.2 Å². The molecule has 1 aliphatic heterocycles. The number of hydrogen-bond acceptors (Lipinski definition) is 5. The second-order valence-corrected chi connectivity index (χ2v) is 7.01. The van der Waals surface area contributed by atoms with E-state index in [-0.39, 0.29) is 24.1 Å². The number of anilines is 1. The Balaban J connectivity index is 1.83. The van der Waals surface area contributed by atoms with Crippen molar-refractivity contribution in [1.82, 2.24) is 10.3 Å². The van der Waals surface area contributed by atoms with E-state index in [9.17, 15) is 27.5 Å². The van der Waals surface area contributed by atoms with Crippen molar-refractivity contribution in [2.45, 2.75) is 38.8 Å². The highest BCUT2D eigenvalue weighted by Gasteiger charge is 2.32. The van der Waals surface area contributed by atoms with E-state index < -0.39 is 17.9 Å². The number of ether oxygens (including phenoxy) is 1. The van der Waals surface area contributed by atoms with Crippen LogP contribution in [-0.4, -0.2) is 41.5 Å². The van der Waals surface area contributed by atoms with E-state index in [1.54, 1.807) is 12.1 Å². The number of aromatic nitrogens is 1. The number of aliphatic hydroxyl groups is 1. The molecule has 0 saturated carbocycles. The zero-order valence-electron chi connectivity index (χ0n) is 16.2. The lowest BCUT2D eigenvalue weighted by atomic mass is 10.0. The van der Waals surface area contributed by atoms with Gasteiger partial charge in [0.2, 0.25) is 5.91 Å². The van der Waals surface area contributed by atoms with Gasteiger partial charge in [-0.15, -0.1) is 13.2 Å². The van der Waals surface area contributed by atoms with Gasteiger partial charge in [0.05, 0.1) is 18.0 Å². The minimum Gasteiger partial charge on any atom is -0.403 e. The maximum atomic E-state index is 14.1. The lowest BCUT2D eigenvalue weighted by molar-refractivity contribution is -0.275. The van der Waals surface area contributed by atoms with Crippen molar-refractivity contribution < 1.29 is 32.2 Å². The molecule has 2 N–H and O–H groups in total. The Morgan fingerprint density at radius 2 is 1.97 bits per heavy atom. The maximum absolute atomic E-state index is 14.1. The van der Waals surface area contributed by atoms with Gasteiger partial charge in [-0.3, -0.25) is 9.78 Å². The summed E-state index contributed by atoms with van der Waals surface area (Å²) in [6.07, 6.45) is -3.51. The number of benzene rings is 1. The Hall–Kier alpha value is -2.88. The number of halogens is 4. The van der Waals surface area contributed by atoms with E-state index in [4.69, 9.17) is 0 Å². The maximum Gasteiger partial charge on any atom is 0.573 e. The molecule has 1 saturated heterocycles. The summed E-state index contributed by atoms with van der Waals surface area (Å²) in [5.41, 5.74) is 1.67. The molecule has 0 unspecified atom stereocenters. The van der Waals surface area contributed by atoms with Crippen LogP contribution in [0.25, 0.3) is 11.3 Å². The van der Waals surface area contributed by atoms with E-state index in [2.05, 4.69) is 19.9 Å². The molecular weight excluding hydrogens is 406 g/mol. The predicted molar refractivity (Wildman–Crippen MR) is 101 cm³/mol. The standard InChI is InChI=1S/C20H21F4N3O3/c1-12(29)25-14-4-6-27(7-5-14)16-9-15(11-28)26-18(10-16)13-2-3-19(17(21)8-13)30-20(22,23)24/h2-3,8-10,14,28H,4-7,11H2,1H3,(H,25,29). The third-order valence-electron chi connectivity index (χ3n) is 4.75. The smallest absolute Gasteiger partial charge is 0.403 e. The summed E-state index contributed by atoms with van der Waals surface area (Å²) in [7, 11) is 0. The topological polar surface area (TPSA) is 74.7 Å². The van der Waals surface area contributed by atoms with Gasteiger partial charge < -0.3 is 20.1 Å². The largest absolute Gasteiger partial charge is 0.573 e. The molecule has 0 aliphatic carbocycles. The quantitative estimate of drug-likeness (QED) is 0.716. The molecule has 0 atom stereocenters. The number of nitrogens with one attached hydrogen (secondary N) is 1. The third kappa shape index (κ3) is 5.59. The molecule has 162 valence electrons. The van der Waals surface area contributed by atoms with Crippen LogP contribution in [0, 0.1) is 5.82 Å². The molecule has 2 aromatic rings. The average molecular weight is 427 g/mol. The molecule has 1 amide bonds. The molecule has 1 aromatic heterocycles. The summed E-state index contributed by atoms with van der Waals surface area (Å²) in [6, 6.07) is 6.58. The minimum absolute atomic E-state index is 0.0813. The van der Waals surface area contributed by atoms with E-state index in [0.29, 0.717) is 24.5 Å². The SMILES string of the molecule is CC(=O)NC1CCN(c2cc(CO)nc(-c3ccc(OC(F)(F)F)c(F)c3)c2)CC1. The number of aliphatic hydroxyl groups excluding tert-OH is 1. The van der Waals surface area contributed by atoms with Gasteiger partial charge in [-0.05, 0) is 43.2 Å². The molecule has 0 bridgehead atoms. The summed E-state index contributed by atoms with van der Waals surface area (Å²) in [6.45, 7) is 2.44. The van der Waals surface area contributed by atoms with Crippen LogP contribution in [0.15, 0.2) is 30.3 Å². The van der Waals surface area contributed by atoms with Gasteiger partial charge in [-0.1, -0.05) is 0 Å². The van der Waals surface area contributed by atoms with Crippen LogP contribution in [0.5, 0.6) is 5.75 Å². The van der Waals surface area contributed by atoms with Crippen LogP contribution < -0.4 is 15.0 Å². The normalized spacial score (nSPS) is 15.2. The zero-order chi connectivity index (χ0) is 21.9. The number of nitrogens with zero attached hydrogens (tertiary/aromatic N) is 2. The van der Waals surface area contributed by atoms with Crippen LogP contribution in [0.3, 0.4) is 0 Å². The average Bonchev–Trinajstić information content (AvgIpc) is 2.68. The van der Waals surface area contributed by atoms with Crippen molar-refractivity contribution >= 4 is 11.6 Å². The fourth-order valence-corrected chi connectivity index (χ4v) is 3.42. The van der Waals surface area contributed by atoms with Crippen molar-refractivity contribution in [3.8, 4) is 17.0 Å². The van der Waals surface area contributed by atoms with Gasteiger partial charge in [0.15, 0.2) is 11.6 Å². The van der Waals surface area contributed by atoms with Gasteiger partial charge >= 0.3 is 6.36 Å². The highest BCUT2D eigenvalue weighted by Crippen LogP contribution is 2.31. The summed E-state index contributed by atoms with van der Waals surface area (Å²) in [5.74, 6) is -2.18. The molecule has 1 fully saturated rings. The van der Waals surface area contributed by atoms with Crippen molar-refractivity contribution in [3.05, 3.63) is 41.8 Å². The van der Waals surface area contributed by atoms with Crippen LogP contribution in [0.1, 0.15) is 25.5 Å². The molecule has 0 radical (unpaired) electrons. The Labute approximate surface area is 170 Å². The number of rotatable bonds is 5. The molecule has 0 spiro atoms. The molecule has 3 rings (SSSR count). The second-order valence-electron chi connectivity index (χ2n) is 7.01. The van der Waals surface area contributed by atoms with E-state index in [1.165, 1.54) is 13.0 Å². The Morgan fingerprint density at radius 3 is 2.53 bits per heavy atom. The highest BCUT2D eigenvalue weighted by atomic mass is 19.4. The van der Waals surface area contributed by atoms with E-state index >= 15 is 0 Å². The second kappa shape index (κ2) is 8.86. The van der Waals surface area contributed by atoms with E-state index in [1.807, 2.05) is 0 Å². The summed E-state index contributed by atoms with van der Waals surface area (Å²) >= 11 is 0. The number of alkyl halides is 3. The molecule has 1 aliphatic rings. The van der Waals surface area contributed by atoms with Crippen LogP contribution in [0.2, 0.25) is 0 Å². The fourth-order valence-electron chi connectivity index (χ4n) is 3.42. The van der Waals surface area contributed by atoms with Crippen molar-refractivity contribution in [3.63, 3.8) is 0 Å². The molecule has 1 aromatic carbocycles. The molecular formula is C20H21F4N3O3. The molecule has 2 heterocycles. The number of piperidine rings is 1. The summed E-state index contributed by atoms with van der Waals surface area (Å²) < 4.78 is 54.8. The van der Waals surface area contributed by atoms with Gasteiger partial charge in [0, 0.05) is 37.3 Å². The Bertz CT molecular complexity index is 913. The van der Waals surface area contributed by atoms with Crippen LogP contribution in [-0.2, 0) is 11.4 Å². The van der Waals surface area contributed by atoms with Gasteiger partial charge in [0.1, 0.15) is 0 Å². The predicted octanol–water partition coefficient (Wildman–Crippen LogP) is 3.38. The first-order valence-electron chi connectivity index (χ1n) is 9.34. The molecule has 6 nitrogen and oxygen atoms in total. The third-order valence-corrected chi connectivity index (χ3v) is 4.75. The first-order chi connectivity index (χ1) is 14.1. The van der Waals surface area contributed by atoms with E-state index in [0.717, 1.165) is 30.7 Å². The minimum atomic E-state index is -4.99. The summed E-state index contributed by atoms with van der Waals surface area (Å²) in [4.78, 5) is 17.5. The van der Waals surface area contributed by atoms with Crippen molar-refractivity contribution in [1.29, 1.82) is 0 Å². The number of pyridine rings is 1. The first kappa shape index (κ1) is 21.8. The highest BCUT2D eigenvalue weighted by molar-refractivity contribution is 5.73. The number of hydrogen-bond donors (Lipinski definition) is 2. The van der Waals surface area contributed by atoms with Crippen molar-refractivity contribution in [2.75, 3.05) is 18.0 Å². The van der Waals surface area contributed by atoms with Crippen molar-refractivity contribution in [2.24, 2.45) is 0 Å².